The Hall–Kier alpha value is -1.84. The molecule has 0 bridgehead atoms. The molecule has 0 aromatic heterocycles. The van der Waals surface area contributed by atoms with Gasteiger partial charge in [0.1, 0.15) is 0 Å². The molecule has 2 amide bonds. The molecular weight excluding hydrogens is 336 g/mol. The van der Waals surface area contributed by atoms with Crippen molar-refractivity contribution in [2.45, 2.75) is 71.9 Å². The van der Waals surface area contributed by atoms with Crippen molar-refractivity contribution in [3.63, 3.8) is 0 Å². The smallest absolute Gasteiger partial charge is 0.226 e. The fraction of sp³-hybridized carbons (Fsp3) is 0.652. The van der Waals surface area contributed by atoms with Gasteiger partial charge in [-0.2, -0.15) is 0 Å². The Morgan fingerprint density at radius 2 is 1.59 bits per heavy atom. The molecule has 4 heteroatoms. The maximum Gasteiger partial charge on any atom is 0.226 e. The summed E-state index contributed by atoms with van der Waals surface area (Å²) in [7, 11) is 0. The molecule has 2 aliphatic rings. The maximum absolute atomic E-state index is 13.2. The topological polar surface area (TPSA) is 40.6 Å². The van der Waals surface area contributed by atoms with Crippen molar-refractivity contribution in [3.05, 3.63) is 35.4 Å². The first-order valence-electron chi connectivity index (χ1n) is 10.5. The maximum atomic E-state index is 13.2. The highest BCUT2D eigenvalue weighted by Gasteiger charge is 2.37. The lowest BCUT2D eigenvalue weighted by Gasteiger charge is -2.35. The van der Waals surface area contributed by atoms with Crippen molar-refractivity contribution < 1.29 is 9.59 Å². The van der Waals surface area contributed by atoms with Crippen LogP contribution in [0.4, 0.5) is 0 Å². The number of benzene rings is 1. The number of amides is 2. The summed E-state index contributed by atoms with van der Waals surface area (Å²) in [5, 5.41) is 0. The summed E-state index contributed by atoms with van der Waals surface area (Å²) >= 11 is 0. The molecule has 2 fully saturated rings. The number of hydrogen-bond acceptors (Lipinski definition) is 2. The van der Waals surface area contributed by atoms with Crippen LogP contribution >= 0.6 is 0 Å². The zero-order valence-corrected chi connectivity index (χ0v) is 17.3. The second-order valence-corrected chi connectivity index (χ2v) is 8.85. The zero-order chi connectivity index (χ0) is 19.6. The van der Waals surface area contributed by atoms with Crippen LogP contribution in [0.15, 0.2) is 24.3 Å². The van der Waals surface area contributed by atoms with Crippen molar-refractivity contribution in [3.8, 4) is 0 Å². The predicted octanol–water partition coefficient (Wildman–Crippen LogP) is 4.20. The summed E-state index contributed by atoms with van der Waals surface area (Å²) in [6.07, 6.45) is 3.85. The lowest BCUT2D eigenvalue weighted by molar-refractivity contribution is -0.142. The van der Waals surface area contributed by atoms with E-state index in [4.69, 9.17) is 0 Å². The summed E-state index contributed by atoms with van der Waals surface area (Å²) in [5.74, 6) is 1.14. The molecule has 1 heterocycles. The SMILES string of the molecule is CC(C)C(=O)N1CCC(C(=O)N(Cc2ccc(C(C)C)cc2)C2CC2)CC1. The molecule has 0 atom stereocenters. The Morgan fingerprint density at radius 1 is 1.00 bits per heavy atom. The Balaban J connectivity index is 1.60. The molecule has 1 aromatic carbocycles. The normalized spacial score (nSPS) is 18.2. The molecule has 3 rings (SSSR count). The molecule has 0 radical (unpaired) electrons. The monoisotopic (exact) mass is 370 g/mol. The number of hydrogen-bond donors (Lipinski definition) is 0. The van der Waals surface area contributed by atoms with Gasteiger partial charge >= 0.3 is 0 Å². The molecule has 1 aromatic rings. The van der Waals surface area contributed by atoms with Crippen LogP contribution in [-0.2, 0) is 16.1 Å². The molecule has 1 aliphatic carbocycles. The lowest BCUT2D eigenvalue weighted by Crippen LogP contribution is -2.45. The molecule has 1 saturated heterocycles. The van der Waals surface area contributed by atoms with Crippen molar-refractivity contribution in [1.82, 2.24) is 9.80 Å². The molecule has 0 N–H and O–H groups in total. The third kappa shape index (κ3) is 4.91. The molecule has 27 heavy (non-hydrogen) atoms. The number of likely N-dealkylation sites (tertiary alicyclic amines) is 1. The van der Waals surface area contributed by atoms with Crippen molar-refractivity contribution in [2.75, 3.05) is 13.1 Å². The average Bonchev–Trinajstić information content (AvgIpc) is 3.50. The van der Waals surface area contributed by atoms with E-state index in [0.717, 1.165) is 38.8 Å². The molecule has 1 aliphatic heterocycles. The number of rotatable bonds is 6. The van der Waals surface area contributed by atoms with Gasteiger partial charge in [-0.3, -0.25) is 9.59 Å². The van der Waals surface area contributed by atoms with Crippen LogP contribution in [0.25, 0.3) is 0 Å². The van der Waals surface area contributed by atoms with E-state index < -0.39 is 0 Å². The highest BCUT2D eigenvalue weighted by Crippen LogP contribution is 2.32. The van der Waals surface area contributed by atoms with E-state index in [2.05, 4.69) is 43.0 Å². The van der Waals surface area contributed by atoms with E-state index in [1.165, 1.54) is 11.1 Å². The number of carbonyl (C=O) groups excluding carboxylic acids is 2. The first-order valence-corrected chi connectivity index (χ1v) is 10.5. The predicted molar refractivity (Wildman–Crippen MR) is 108 cm³/mol. The Bertz CT molecular complexity index is 653. The van der Waals surface area contributed by atoms with Crippen LogP contribution in [-0.4, -0.2) is 40.7 Å². The van der Waals surface area contributed by atoms with Crippen molar-refractivity contribution in [1.29, 1.82) is 0 Å². The van der Waals surface area contributed by atoms with Crippen LogP contribution in [0.3, 0.4) is 0 Å². The quantitative estimate of drug-likeness (QED) is 0.753. The first kappa shape index (κ1) is 19.9. The molecule has 148 valence electrons. The molecular formula is C23H34N2O2. The van der Waals surface area contributed by atoms with Gasteiger partial charge < -0.3 is 9.80 Å². The summed E-state index contributed by atoms with van der Waals surface area (Å²) in [5.41, 5.74) is 2.55. The summed E-state index contributed by atoms with van der Waals surface area (Å²) in [6, 6.07) is 9.12. The van der Waals surface area contributed by atoms with Crippen LogP contribution in [0.1, 0.15) is 70.4 Å². The van der Waals surface area contributed by atoms with E-state index in [-0.39, 0.29) is 17.7 Å². The lowest BCUT2D eigenvalue weighted by atomic mass is 9.94. The van der Waals surface area contributed by atoms with Gasteiger partial charge in [0.25, 0.3) is 0 Å². The summed E-state index contributed by atoms with van der Waals surface area (Å²) in [6.45, 7) is 10.4. The van der Waals surface area contributed by atoms with Gasteiger partial charge in [-0.15, -0.1) is 0 Å². The van der Waals surface area contributed by atoms with Gasteiger partial charge in [-0.25, -0.2) is 0 Å². The molecule has 4 nitrogen and oxygen atoms in total. The van der Waals surface area contributed by atoms with E-state index in [1.807, 2.05) is 18.7 Å². The van der Waals surface area contributed by atoms with Crippen molar-refractivity contribution >= 4 is 11.8 Å². The van der Waals surface area contributed by atoms with Crippen molar-refractivity contribution in [2.24, 2.45) is 11.8 Å². The molecule has 0 spiro atoms. The molecule has 0 unspecified atom stereocenters. The van der Waals surface area contributed by atoms with Crippen LogP contribution < -0.4 is 0 Å². The number of nitrogens with zero attached hydrogens (tertiary/aromatic N) is 2. The van der Waals surface area contributed by atoms with Crippen LogP contribution in [0.5, 0.6) is 0 Å². The van der Waals surface area contributed by atoms with Gasteiger partial charge in [0, 0.05) is 37.5 Å². The largest absolute Gasteiger partial charge is 0.342 e. The highest BCUT2D eigenvalue weighted by molar-refractivity contribution is 5.81. The standard InChI is InChI=1S/C23H34N2O2/c1-16(2)19-7-5-18(6-8-19)15-25(21-9-10-21)23(27)20-11-13-24(14-12-20)22(26)17(3)4/h5-8,16-17,20-21H,9-15H2,1-4H3. The zero-order valence-electron chi connectivity index (χ0n) is 17.3. The minimum atomic E-state index is 0.0361. The van der Waals surface area contributed by atoms with Gasteiger partial charge in [0.15, 0.2) is 0 Å². The van der Waals surface area contributed by atoms with Gasteiger partial charge in [-0.1, -0.05) is 52.0 Å². The number of carbonyl (C=O) groups is 2. The highest BCUT2D eigenvalue weighted by atomic mass is 16.2. The minimum Gasteiger partial charge on any atom is -0.342 e. The van der Waals surface area contributed by atoms with E-state index in [9.17, 15) is 9.59 Å². The van der Waals surface area contributed by atoms with Gasteiger partial charge in [0.05, 0.1) is 0 Å². The fourth-order valence-electron chi connectivity index (χ4n) is 3.92. The third-order valence-corrected chi connectivity index (χ3v) is 5.92. The van der Waals surface area contributed by atoms with Gasteiger partial charge in [-0.05, 0) is 42.7 Å². The minimum absolute atomic E-state index is 0.0361. The van der Waals surface area contributed by atoms with Gasteiger partial charge in [0.2, 0.25) is 11.8 Å². The fourth-order valence-corrected chi connectivity index (χ4v) is 3.92. The van der Waals surface area contributed by atoms with E-state index in [1.54, 1.807) is 0 Å². The second-order valence-electron chi connectivity index (χ2n) is 8.85. The Labute approximate surface area is 163 Å². The Kier molecular flexibility index (Phi) is 6.23. The first-order chi connectivity index (χ1) is 12.9. The third-order valence-electron chi connectivity index (χ3n) is 5.92. The summed E-state index contributed by atoms with van der Waals surface area (Å²) in [4.78, 5) is 29.4. The van der Waals surface area contributed by atoms with Crippen LogP contribution in [0.2, 0.25) is 0 Å². The van der Waals surface area contributed by atoms with E-state index >= 15 is 0 Å². The van der Waals surface area contributed by atoms with E-state index in [0.29, 0.717) is 24.4 Å². The Morgan fingerprint density at radius 3 is 2.07 bits per heavy atom. The summed E-state index contributed by atoms with van der Waals surface area (Å²) < 4.78 is 0. The molecule has 1 saturated carbocycles. The number of piperidine rings is 1. The second kappa shape index (κ2) is 8.45. The average molecular weight is 371 g/mol. The van der Waals surface area contributed by atoms with Crippen LogP contribution in [0, 0.1) is 11.8 Å².